The summed E-state index contributed by atoms with van der Waals surface area (Å²) in [5.41, 5.74) is -0.0592. The third-order valence-corrected chi connectivity index (χ3v) is 5.16. The van der Waals surface area contributed by atoms with Gasteiger partial charge in [-0.25, -0.2) is 4.73 Å². The largest absolute Gasteiger partial charge is 0.710 e. The smallest absolute Gasteiger partial charge is 0.404 e. The highest BCUT2D eigenvalue weighted by atomic mass is 16.6. The predicted molar refractivity (Wildman–Crippen MR) is 91.9 cm³/mol. The summed E-state index contributed by atoms with van der Waals surface area (Å²) >= 11 is 0. The average Bonchev–Trinajstić information content (AvgIpc) is 3.07. The SMILES string of the molecule is CCc1c2c(n([C@@H]3O[C@H](CN(C)C(C)C)[C@@H](O)[C@H]3O)c[n+]2[O-])[n+]([O-])c[n+]1[O-]. The first-order chi connectivity index (χ1) is 12.7. The number of fused-ring (bicyclic) bond motifs is 1. The number of aliphatic hydroxyl groups excluding tert-OH is 2. The van der Waals surface area contributed by atoms with Gasteiger partial charge in [-0.3, -0.25) is 0 Å². The number of likely N-dealkylation sites (N-methyl/N-ethyl adjacent to an activating group) is 1. The molecule has 2 aromatic rings. The molecule has 2 aromatic heterocycles. The van der Waals surface area contributed by atoms with Crippen LogP contribution in [0.2, 0.25) is 0 Å². The summed E-state index contributed by atoms with van der Waals surface area (Å²) < 4.78 is 8.02. The van der Waals surface area contributed by atoms with Gasteiger partial charge in [0.05, 0.1) is 0 Å². The van der Waals surface area contributed by atoms with E-state index in [1.807, 2.05) is 25.8 Å². The Bertz CT molecular complexity index is 841. The molecule has 1 aliphatic rings. The van der Waals surface area contributed by atoms with Crippen molar-refractivity contribution in [3.8, 4) is 0 Å². The summed E-state index contributed by atoms with van der Waals surface area (Å²) in [4.78, 5) is 1.95. The van der Waals surface area contributed by atoms with Gasteiger partial charge in [0.2, 0.25) is 0 Å². The molecule has 11 nitrogen and oxygen atoms in total. The second-order valence-electron chi connectivity index (χ2n) is 7.17. The fourth-order valence-corrected chi connectivity index (χ4v) is 3.36. The predicted octanol–water partition coefficient (Wildman–Crippen LogP) is -1.94. The number of aryl methyl sites for hydroxylation is 1. The van der Waals surface area contributed by atoms with E-state index in [4.69, 9.17) is 4.74 Å². The van der Waals surface area contributed by atoms with Crippen molar-refractivity contribution in [3.05, 3.63) is 34.0 Å². The third kappa shape index (κ3) is 3.16. The molecule has 0 aromatic carbocycles. The zero-order valence-corrected chi connectivity index (χ0v) is 15.7. The molecule has 1 saturated heterocycles. The molecule has 3 heterocycles. The fraction of sp³-hybridized carbons (Fsp3) is 0.688. The number of rotatable bonds is 5. The van der Waals surface area contributed by atoms with Crippen molar-refractivity contribution in [1.29, 1.82) is 0 Å². The van der Waals surface area contributed by atoms with E-state index < -0.39 is 24.5 Å². The van der Waals surface area contributed by atoms with Gasteiger partial charge >= 0.3 is 12.0 Å². The number of nitrogens with zero attached hydrogens (tertiary/aromatic N) is 5. The Hall–Kier alpha value is -2.21. The molecule has 0 aliphatic carbocycles. The Balaban J connectivity index is 2.03. The van der Waals surface area contributed by atoms with Crippen LogP contribution < -0.4 is 14.2 Å². The monoisotopic (exact) mass is 383 g/mol. The molecule has 0 bridgehead atoms. The molecule has 27 heavy (non-hydrogen) atoms. The van der Waals surface area contributed by atoms with Crippen molar-refractivity contribution >= 4 is 11.2 Å². The van der Waals surface area contributed by atoms with Crippen molar-refractivity contribution in [1.82, 2.24) is 9.47 Å². The highest BCUT2D eigenvalue weighted by molar-refractivity contribution is 5.65. The third-order valence-electron chi connectivity index (χ3n) is 5.16. The van der Waals surface area contributed by atoms with Crippen molar-refractivity contribution in [2.45, 2.75) is 57.8 Å². The molecular formula is C16H25N5O6. The quantitative estimate of drug-likeness (QED) is 0.452. The van der Waals surface area contributed by atoms with Gasteiger partial charge < -0.3 is 35.5 Å². The number of aliphatic hydroxyl groups is 2. The Kier molecular flexibility index (Phi) is 5.12. The van der Waals surface area contributed by atoms with Crippen LogP contribution in [0.15, 0.2) is 12.7 Å². The number of hydrogen-bond acceptors (Lipinski definition) is 7. The molecule has 0 unspecified atom stereocenters. The highest BCUT2D eigenvalue weighted by Crippen LogP contribution is 2.31. The van der Waals surface area contributed by atoms with E-state index in [2.05, 4.69) is 0 Å². The van der Waals surface area contributed by atoms with Gasteiger partial charge in [-0.1, -0.05) is 6.92 Å². The minimum atomic E-state index is -1.34. The minimum Gasteiger partial charge on any atom is -0.710 e. The first-order valence-corrected chi connectivity index (χ1v) is 8.87. The second-order valence-corrected chi connectivity index (χ2v) is 7.17. The van der Waals surface area contributed by atoms with Crippen molar-refractivity contribution in [3.63, 3.8) is 0 Å². The summed E-state index contributed by atoms with van der Waals surface area (Å²) in [6, 6.07) is 0.205. The molecule has 0 radical (unpaired) electrons. The summed E-state index contributed by atoms with van der Waals surface area (Å²) in [7, 11) is 1.86. The zero-order valence-electron chi connectivity index (χ0n) is 15.7. The Morgan fingerprint density at radius 2 is 1.85 bits per heavy atom. The van der Waals surface area contributed by atoms with E-state index in [1.54, 1.807) is 6.92 Å². The van der Waals surface area contributed by atoms with E-state index >= 15 is 0 Å². The summed E-state index contributed by atoms with van der Waals surface area (Å²) in [6.07, 6.45) is -2.29. The van der Waals surface area contributed by atoms with E-state index in [1.165, 1.54) is 4.57 Å². The Morgan fingerprint density at radius 1 is 1.19 bits per heavy atom. The maximum absolute atomic E-state index is 12.4. The van der Waals surface area contributed by atoms with Crippen molar-refractivity contribution < 1.29 is 29.1 Å². The Morgan fingerprint density at radius 3 is 2.44 bits per heavy atom. The standard InChI is InChI=1S/C16H25N5O6/c1-5-10-12-15(21(26)8-19(10)24)18(7-20(12)25)16-14(23)13(22)11(27-16)6-17(4)9(2)3/h7-9,11,13-14,16,22-23H,5-6H2,1-4H3/t11-,13-,14-,16-/m1/s1. The van der Waals surface area contributed by atoms with Crippen LogP contribution in [0.5, 0.6) is 0 Å². The van der Waals surface area contributed by atoms with Gasteiger partial charge in [-0.05, 0) is 20.9 Å². The molecule has 0 saturated carbocycles. The van der Waals surface area contributed by atoms with Crippen molar-refractivity contribution in [2.24, 2.45) is 0 Å². The van der Waals surface area contributed by atoms with Gasteiger partial charge in [0.15, 0.2) is 11.8 Å². The van der Waals surface area contributed by atoms with Crippen LogP contribution in [0.3, 0.4) is 0 Å². The molecule has 0 spiro atoms. The van der Waals surface area contributed by atoms with Crippen molar-refractivity contribution in [2.75, 3.05) is 13.6 Å². The molecule has 3 rings (SSSR count). The molecule has 150 valence electrons. The summed E-state index contributed by atoms with van der Waals surface area (Å²) in [6.45, 7) is 6.03. The van der Waals surface area contributed by atoms with E-state index in [9.17, 15) is 25.8 Å². The molecule has 2 N–H and O–H groups in total. The summed E-state index contributed by atoms with van der Waals surface area (Å²) in [5, 5.41) is 57.4. The first kappa shape index (κ1) is 19.5. The zero-order chi connectivity index (χ0) is 20.0. The van der Waals surface area contributed by atoms with Crippen LogP contribution in [0.1, 0.15) is 32.7 Å². The lowest BCUT2D eigenvalue weighted by Gasteiger charge is -2.25. The van der Waals surface area contributed by atoms with Crippen LogP contribution in [0.4, 0.5) is 0 Å². The molecule has 11 heteroatoms. The number of ether oxygens (including phenoxy) is 1. The van der Waals surface area contributed by atoms with Gasteiger partial charge in [-0.2, -0.15) is 4.73 Å². The van der Waals surface area contributed by atoms with Crippen LogP contribution in [0.25, 0.3) is 11.2 Å². The molecule has 4 atom stereocenters. The minimum absolute atomic E-state index is 0.0851. The number of imidazole rings is 1. The normalized spacial score (nSPS) is 25.9. The molecular weight excluding hydrogens is 358 g/mol. The van der Waals surface area contributed by atoms with Crippen LogP contribution in [0, 0.1) is 15.6 Å². The van der Waals surface area contributed by atoms with Gasteiger partial charge in [0.25, 0.3) is 18.1 Å². The fourth-order valence-electron chi connectivity index (χ4n) is 3.36. The van der Waals surface area contributed by atoms with Crippen LogP contribution in [-0.2, 0) is 11.2 Å². The first-order valence-electron chi connectivity index (χ1n) is 8.87. The second kappa shape index (κ2) is 7.08. The van der Waals surface area contributed by atoms with Gasteiger partial charge in [0.1, 0.15) is 12.2 Å². The maximum Gasteiger partial charge on any atom is 0.404 e. The van der Waals surface area contributed by atoms with E-state index in [0.717, 1.165) is 12.7 Å². The van der Waals surface area contributed by atoms with Crippen LogP contribution >= 0.6 is 0 Å². The molecule has 1 fully saturated rings. The topological polar surface area (TPSA) is 139 Å². The molecule has 0 amide bonds. The lowest BCUT2D eigenvalue weighted by molar-refractivity contribution is -0.739. The average molecular weight is 383 g/mol. The lowest BCUT2D eigenvalue weighted by atomic mass is 10.1. The van der Waals surface area contributed by atoms with E-state index in [0.29, 0.717) is 16.0 Å². The lowest BCUT2D eigenvalue weighted by Crippen LogP contribution is -2.46. The maximum atomic E-state index is 12.4. The van der Waals surface area contributed by atoms with E-state index in [-0.39, 0.29) is 34.1 Å². The number of hydrogen-bond donors (Lipinski definition) is 2. The molecule has 1 aliphatic heterocycles. The highest BCUT2D eigenvalue weighted by Gasteiger charge is 2.49. The number of aromatic nitrogens is 4. The summed E-state index contributed by atoms with van der Waals surface area (Å²) in [5.74, 6) is 0. The van der Waals surface area contributed by atoms with Gasteiger partial charge in [0, 0.05) is 19.0 Å². The Labute approximate surface area is 156 Å². The van der Waals surface area contributed by atoms with Crippen LogP contribution in [-0.4, -0.2) is 57.6 Å². The van der Waals surface area contributed by atoms with Gasteiger partial charge in [-0.15, -0.1) is 9.30 Å².